The Morgan fingerprint density at radius 1 is 1.00 bits per heavy atom. The number of sulfonamides is 1. The predicted molar refractivity (Wildman–Crippen MR) is 168 cm³/mol. The molecule has 2 amide bonds. The molecule has 1 heterocycles. The zero-order chi connectivity index (χ0) is 29.9. The summed E-state index contributed by atoms with van der Waals surface area (Å²) in [6, 6.07) is 18.0. The molecule has 11 heteroatoms. The number of nitrogens with zero attached hydrogens (tertiary/aromatic N) is 1. The number of nitrogens with one attached hydrogen (secondary N) is 1. The molecule has 0 aliphatic carbocycles. The number of amides is 2. The molecule has 0 saturated heterocycles. The third-order valence-corrected chi connectivity index (χ3v) is 9.97. The van der Waals surface area contributed by atoms with E-state index in [0.717, 1.165) is 8.95 Å². The van der Waals surface area contributed by atoms with Gasteiger partial charge in [0.1, 0.15) is 6.04 Å². The van der Waals surface area contributed by atoms with Crippen molar-refractivity contribution < 1.29 is 18.0 Å². The lowest BCUT2D eigenvalue weighted by molar-refractivity contribution is -0.126. The van der Waals surface area contributed by atoms with Crippen molar-refractivity contribution >= 4 is 65.3 Å². The first-order chi connectivity index (χ1) is 19.4. The largest absolute Gasteiger partial charge is 0.368 e. The quantitative estimate of drug-likeness (QED) is 0.257. The standard InChI is InChI=1S/C30H30Br2ClN3O4S/c1-18(2)15-26(29(34)37)35-30(38)25-13-14-27(19-5-4-8-23(33)17-19)36(28(25)20-6-3-7-22(32)16-20)41(39,40)24-11-9-21(31)10-12-24/h3-13,16-18,26-28H,14-15H2,1-2H3,(H2,34,37)(H,35,38)/t26-,27?,28-/m0/s1. The molecule has 3 aromatic rings. The molecule has 0 spiro atoms. The molecule has 0 aromatic heterocycles. The van der Waals surface area contributed by atoms with Gasteiger partial charge in [0, 0.05) is 19.5 Å². The first kappa shape index (κ1) is 31.4. The fourth-order valence-corrected chi connectivity index (χ4v) is 7.64. The van der Waals surface area contributed by atoms with E-state index in [1.165, 1.54) is 16.4 Å². The van der Waals surface area contributed by atoms with E-state index in [4.69, 9.17) is 17.3 Å². The highest BCUT2D eigenvalue weighted by Crippen LogP contribution is 2.46. The van der Waals surface area contributed by atoms with Crippen LogP contribution in [0, 0.1) is 5.92 Å². The molecule has 4 rings (SSSR count). The molecule has 0 saturated carbocycles. The number of rotatable bonds is 9. The number of benzene rings is 3. The molecule has 0 fully saturated rings. The normalized spacial score (nSPS) is 18.5. The summed E-state index contributed by atoms with van der Waals surface area (Å²) in [6.07, 6.45) is 2.30. The first-order valence-corrected chi connectivity index (χ1v) is 16.4. The highest BCUT2D eigenvalue weighted by molar-refractivity contribution is 9.10. The van der Waals surface area contributed by atoms with Crippen molar-refractivity contribution in [1.29, 1.82) is 0 Å². The second kappa shape index (κ2) is 13.2. The van der Waals surface area contributed by atoms with Gasteiger partial charge in [-0.2, -0.15) is 4.31 Å². The van der Waals surface area contributed by atoms with Crippen LogP contribution in [0.25, 0.3) is 0 Å². The molecule has 0 bridgehead atoms. The van der Waals surface area contributed by atoms with Crippen molar-refractivity contribution in [2.75, 3.05) is 0 Å². The Kier molecular flexibility index (Phi) is 10.1. The van der Waals surface area contributed by atoms with Crippen LogP contribution in [0.5, 0.6) is 0 Å². The predicted octanol–water partition coefficient (Wildman–Crippen LogP) is 6.68. The number of hydrogen-bond donors (Lipinski definition) is 2. The summed E-state index contributed by atoms with van der Waals surface area (Å²) in [5.74, 6) is -1.12. The first-order valence-electron chi connectivity index (χ1n) is 13.0. The van der Waals surface area contributed by atoms with Gasteiger partial charge in [0.15, 0.2) is 0 Å². The number of carbonyl (C=O) groups excluding carboxylic acids is 2. The molecule has 3 atom stereocenters. The van der Waals surface area contributed by atoms with Crippen LogP contribution in [0.15, 0.2) is 98.3 Å². The van der Waals surface area contributed by atoms with Crippen molar-refractivity contribution in [3.8, 4) is 0 Å². The van der Waals surface area contributed by atoms with Gasteiger partial charge in [0.05, 0.1) is 17.0 Å². The maximum absolute atomic E-state index is 14.5. The zero-order valence-electron chi connectivity index (χ0n) is 22.4. The van der Waals surface area contributed by atoms with Gasteiger partial charge < -0.3 is 11.1 Å². The number of carbonyl (C=O) groups is 2. The molecule has 216 valence electrons. The van der Waals surface area contributed by atoms with Gasteiger partial charge in [-0.15, -0.1) is 0 Å². The Hall–Kier alpha value is -2.50. The second-order valence-electron chi connectivity index (χ2n) is 10.3. The van der Waals surface area contributed by atoms with Crippen LogP contribution in [0.2, 0.25) is 5.02 Å². The van der Waals surface area contributed by atoms with Gasteiger partial charge in [-0.25, -0.2) is 8.42 Å². The summed E-state index contributed by atoms with van der Waals surface area (Å²) >= 11 is 13.2. The maximum Gasteiger partial charge on any atom is 0.249 e. The number of nitrogens with two attached hydrogens (primary N) is 1. The Morgan fingerprint density at radius 3 is 2.27 bits per heavy atom. The second-order valence-corrected chi connectivity index (χ2v) is 14.4. The fourth-order valence-electron chi connectivity index (χ4n) is 4.98. The SMILES string of the molecule is CC(C)C[C@H](NC(=O)C1=CCC(c2cccc(Cl)c2)N(S(=O)(=O)c2ccc(Br)cc2)[C@H]1c1cccc(Br)c1)C(N)=O. The topological polar surface area (TPSA) is 110 Å². The van der Waals surface area contributed by atoms with Gasteiger partial charge in [0.2, 0.25) is 21.8 Å². The van der Waals surface area contributed by atoms with Gasteiger partial charge in [0.25, 0.3) is 0 Å². The van der Waals surface area contributed by atoms with Crippen LogP contribution >= 0.6 is 43.5 Å². The third kappa shape index (κ3) is 7.29. The maximum atomic E-state index is 14.5. The van der Waals surface area contributed by atoms with E-state index >= 15 is 0 Å². The van der Waals surface area contributed by atoms with E-state index in [1.54, 1.807) is 54.6 Å². The Bertz CT molecular complexity index is 1580. The van der Waals surface area contributed by atoms with E-state index in [-0.39, 0.29) is 22.8 Å². The summed E-state index contributed by atoms with van der Waals surface area (Å²) < 4.78 is 31.8. The van der Waals surface area contributed by atoms with Gasteiger partial charge in [-0.3, -0.25) is 9.59 Å². The van der Waals surface area contributed by atoms with Crippen LogP contribution in [0.3, 0.4) is 0 Å². The van der Waals surface area contributed by atoms with Crippen molar-refractivity contribution in [1.82, 2.24) is 9.62 Å². The summed E-state index contributed by atoms with van der Waals surface area (Å²) in [6.45, 7) is 3.85. The Labute approximate surface area is 262 Å². The van der Waals surface area contributed by atoms with Crippen molar-refractivity contribution in [2.24, 2.45) is 11.7 Å². The molecule has 1 aliphatic rings. The van der Waals surface area contributed by atoms with Crippen molar-refractivity contribution in [3.05, 3.63) is 110 Å². The number of primary amides is 1. The van der Waals surface area contributed by atoms with Crippen LogP contribution in [0.4, 0.5) is 0 Å². The molecular formula is C30H30Br2ClN3O4S. The minimum Gasteiger partial charge on any atom is -0.368 e. The third-order valence-electron chi connectivity index (χ3n) is 6.82. The summed E-state index contributed by atoms with van der Waals surface area (Å²) in [5, 5.41) is 3.24. The molecule has 0 radical (unpaired) electrons. The minimum atomic E-state index is -4.19. The average Bonchev–Trinajstić information content (AvgIpc) is 2.91. The molecule has 7 nitrogen and oxygen atoms in total. The lowest BCUT2D eigenvalue weighted by Gasteiger charge is -2.41. The highest BCUT2D eigenvalue weighted by atomic mass is 79.9. The number of hydrogen-bond acceptors (Lipinski definition) is 4. The van der Waals surface area contributed by atoms with Crippen LogP contribution in [0.1, 0.15) is 49.9 Å². The van der Waals surface area contributed by atoms with Gasteiger partial charge in [-0.05, 0) is 78.4 Å². The monoisotopic (exact) mass is 721 g/mol. The summed E-state index contributed by atoms with van der Waals surface area (Å²) in [5.41, 5.74) is 7.09. The summed E-state index contributed by atoms with van der Waals surface area (Å²) in [7, 11) is -4.19. The Balaban J connectivity index is 1.93. The van der Waals surface area contributed by atoms with E-state index in [0.29, 0.717) is 22.6 Å². The van der Waals surface area contributed by atoms with Crippen molar-refractivity contribution in [3.63, 3.8) is 0 Å². The zero-order valence-corrected chi connectivity index (χ0v) is 27.2. The molecule has 41 heavy (non-hydrogen) atoms. The van der Waals surface area contributed by atoms with Crippen LogP contribution in [-0.4, -0.2) is 30.6 Å². The lowest BCUT2D eigenvalue weighted by atomic mass is 9.88. The molecular weight excluding hydrogens is 694 g/mol. The molecule has 1 unspecified atom stereocenters. The molecule has 1 aliphatic heterocycles. The Morgan fingerprint density at radius 2 is 1.66 bits per heavy atom. The van der Waals surface area contributed by atoms with E-state index in [2.05, 4.69) is 37.2 Å². The molecule has 3 N–H and O–H groups in total. The van der Waals surface area contributed by atoms with E-state index < -0.39 is 40.0 Å². The van der Waals surface area contributed by atoms with Crippen molar-refractivity contribution in [2.45, 2.75) is 49.7 Å². The van der Waals surface area contributed by atoms with Gasteiger partial charge in [-0.1, -0.05) is 87.6 Å². The van der Waals surface area contributed by atoms with Crippen LogP contribution < -0.4 is 11.1 Å². The summed E-state index contributed by atoms with van der Waals surface area (Å²) in [4.78, 5) is 26.2. The minimum absolute atomic E-state index is 0.0733. The molecule has 3 aromatic carbocycles. The smallest absolute Gasteiger partial charge is 0.249 e. The lowest BCUT2D eigenvalue weighted by Crippen LogP contribution is -2.49. The van der Waals surface area contributed by atoms with E-state index in [1.807, 2.05) is 26.0 Å². The van der Waals surface area contributed by atoms with Gasteiger partial charge >= 0.3 is 0 Å². The number of halogens is 3. The van der Waals surface area contributed by atoms with E-state index in [9.17, 15) is 18.0 Å². The highest BCUT2D eigenvalue weighted by Gasteiger charge is 2.45. The fraction of sp³-hybridized carbons (Fsp3) is 0.267. The van der Waals surface area contributed by atoms with Crippen LogP contribution in [-0.2, 0) is 19.6 Å². The average molecular weight is 724 g/mol.